The van der Waals surface area contributed by atoms with Gasteiger partial charge in [-0.1, -0.05) is 18.2 Å². The normalized spacial score (nSPS) is 17.3. The van der Waals surface area contributed by atoms with Gasteiger partial charge in [-0.05, 0) is 48.7 Å². The van der Waals surface area contributed by atoms with Crippen LogP contribution in [0.4, 0.5) is 5.69 Å². The van der Waals surface area contributed by atoms with E-state index in [-0.39, 0.29) is 30.3 Å². The Labute approximate surface area is 191 Å². The monoisotopic (exact) mass is 446 g/mol. The molecule has 2 N–H and O–H groups in total. The molecule has 3 aromatic rings. The summed E-state index contributed by atoms with van der Waals surface area (Å²) in [5.74, 6) is -0.762. The molecule has 1 aliphatic carbocycles. The molecule has 33 heavy (non-hydrogen) atoms. The summed E-state index contributed by atoms with van der Waals surface area (Å²) in [6.07, 6.45) is 3.79. The number of amides is 3. The number of nitrogens with one attached hydrogen (secondary N) is 2. The summed E-state index contributed by atoms with van der Waals surface area (Å²) < 4.78 is 7.23. The van der Waals surface area contributed by atoms with Crippen molar-refractivity contribution >= 4 is 34.3 Å². The fourth-order valence-corrected chi connectivity index (χ4v) is 4.47. The molecule has 170 valence electrons. The van der Waals surface area contributed by atoms with E-state index >= 15 is 0 Å². The second-order valence-corrected chi connectivity index (χ2v) is 8.47. The van der Waals surface area contributed by atoms with Gasteiger partial charge in [-0.2, -0.15) is 0 Å². The van der Waals surface area contributed by atoms with Gasteiger partial charge in [0.05, 0.1) is 13.2 Å². The van der Waals surface area contributed by atoms with Gasteiger partial charge in [-0.3, -0.25) is 14.4 Å². The standard InChI is InChI=1S/C25H26N4O4/c1-33-13-12-28-11-10-16-14-17(6-9-21(16)28)27-22(30)15-26-24(31)23-19-4-2-3-5-20(19)25(32)29(23)18-7-8-18/h2-6,9-11,14,18,23H,7-8,12-13,15H2,1H3,(H,26,31)(H,27,30). The largest absolute Gasteiger partial charge is 0.383 e. The van der Waals surface area contributed by atoms with Crippen molar-refractivity contribution in [2.75, 3.05) is 25.6 Å². The first kappa shape index (κ1) is 21.2. The Morgan fingerprint density at radius 3 is 2.73 bits per heavy atom. The highest BCUT2D eigenvalue weighted by Crippen LogP contribution is 2.41. The van der Waals surface area contributed by atoms with E-state index in [2.05, 4.69) is 15.2 Å². The molecule has 1 aliphatic heterocycles. The van der Waals surface area contributed by atoms with Crippen LogP contribution in [0, 0.1) is 0 Å². The molecular weight excluding hydrogens is 420 g/mol. The van der Waals surface area contributed by atoms with Gasteiger partial charge in [-0.25, -0.2) is 0 Å². The van der Waals surface area contributed by atoms with Crippen LogP contribution >= 0.6 is 0 Å². The molecule has 2 heterocycles. The van der Waals surface area contributed by atoms with Crippen LogP contribution in [-0.4, -0.2) is 53.5 Å². The number of aromatic nitrogens is 1. The van der Waals surface area contributed by atoms with Gasteiger partial charge in [0.2, 0.25) is 11.8 Å². The predicted octanol–water partition coefficient (Wildman–Crippen LogP) is 2.70. The van der Waals surface area contributed by atoms with E-state index < -0.39 is 6.04 Å². The van der Waals surface area contributed by atoms with E-state index in [1.165, 1.54) is 0 Å². The highest BCUT2D eigenvalue weighted by atomic mass is 16.5. The Balaban J connectivity index is 1.23. The van der Waals surface area contributed by atoms with Crippen molar-refractivity contribution in [2.45, 2.75) is 31.5 Å². The lowest BCUT2D eigenvalue weighted by molar-refractivity contribution is -0.127. The van der Waals surface area contributed by atoms with Crippen LogP contribution in [0.25, 0.3) is 10.9 Å². The van der Waals surface area contributed by atoms with Gasteiger partial charge in [0.25, 0.3) is 5.91 Å². The van der Waals surface area contributed by atoms with Crippen LogP contribution in [0.15, 0.2) is 54.7 Å². The van der Waals surface area contributed by atoms with E-state index in [0.717, 1.165) is 30.3 Å². The minimum absolute atomic E-state index is 0.0948. The molecular formula is C25H26N4O4. The zero-order chi connectivity index (χ0) is 22.9. The summed E-state index contributed by atoms with van der Waals surface area (Å²) in [6, 6.07) is 14.3. The Morgan fingerprint density at radius 1 is 1.12 bits per heavy atom. The Hall–Kier alpha value is -3.65. The van der Waals surface area contributed by atoms with Gasteiger partial charge in [0.1, 0.15) is 6.04 Å². The van der Waals surface area contributed by atoms with Crippen LogP contribution in [0.5, 0.6) is 0 Å². The Bertz CT molecular complexity index is 1230. The number of rotatable bonds is 8. The molecule has 0 spiro atoms. The van der Waals surface area contributed by atoms with Gasteiger partial charge in [0.15, 0.2) is 0 Å². The van der Waals surface area contributed by atoms with Crippen LogP contribution in [0.1, 0.15) is 34.8 Å². The van der Waals surface area contributed by atoms with E-state index in [4.69, 9.17) is 4.74 Å². The van der Waals surface area contributed by atoms with Crippen molar-refractivity contribution in [1.82, 2.24) is 14.8 Å². The fraction of sp³-hybridized carbons (Fsp3) is 0.320. The van der Waals surface area contributed by atoms with E-state index in [1.807, 2.05) is 42.6 Å². The third kappa shape index (κ3) is 4.09. The molecule has 3 amide bonds. The zero-order valence-electron chi connectivity index (χ0n) is 18.4. The second-order valence-electron chi connectivity index (χ2n) is 8.47. The van der Waals surface area contributed by atoms with Crippen molar-refractivity contribution in [1.29, 1.82) is 0 Å². The van der Waals surface area contributed by atoms with Crippen LogP contribution in [-0.2, 0) is 20.9 Å². The molecule has 1 fully saturated rings. The smallest absolute Gasteiger partial charge is 0.255 e. The lowest BCUT2D eigenvalue weighted by atomic mass is 10.0. The number of benzene rings is 2. The van der Waals surface area contributed by atoms with Gasteiger partial charge >= 0.3 is 0 Å². The Morgan fingerprint density at radius 2 is 1.94 bits per heavy atom. The molecule has 0 bridgehead atoms. The van der Waals surface area contributed by atoms with Crippen LogP contribution in [0.2, 0.25) is 0 Å². The number of hydrogen-bond acceptors (Lipinski definition) is 4. The number of nitrogens with zero attached hydrogens (tertiary/aromatic N) is 2. The first-order chi connectivity index (χ1) is 16.1. The summed E-state index contributed by atoms with van der Waals surface area (Å²) in [6.45, 7) is 1.21. The second kappa shape index (κ2) is 8.71. The average molecular weight is 447 g/mol. The summed E-state index contributed by atoms with van der Waals surface area (Å²) in [5, 5.41) is 6.57. The van der Waals surface area contributed by atoms with Crippen molar-refractivity contribution < 1.29 is 19.1 Å². The minimum Gasteiger partial charge on any atom is -0.383 e. The maximum atomic E-state index is 13.0. The number of hydrogen-bond donors (Lipinski definition) is 2. The number of methoxy groups -OCH3 is 1. The number of carbonyl (C=O) groups excluding carboxylic acids is 3. The van der Waals surface area contributed by atoms with E-state index in [0.29, 0.717) is 23.4 Å². The predicted molar refractivity (Wildman–Crippen MR) is 124 cm³/mol. The molecule has 8 heteroatoms. The highest BCUT2D eigenvalue weighted by molar-refractivity contribution is 6.06. The zero-order valence-corrected chi connectivity index (χ0v) is 18.4. The molecule has 1 aromatic heterocycles. The molecule has 0 radical (unpaired) electrons. The van der Waals surface area contributed by atoms with Crippen molar-refractivity contribution in [2.24, 2.45) is 0 Å². The van der Waals surface area contributed by atoms with Gasteiger partial charge in [0, 0.05) is 48.0 Å². The van der Waals surface area contributed by atoms with E-state index in [9.17, 15) is 14.4 Å². The number of carbonyl (C=O) groups is 3. The molecule has 2 aromatic carbocycles. The summed E-state index contributed by atoms with van der Waals surface area (Å²) in [5.41, 5.74) is 2.99. The maximum Gasteiger partial charge on any atom is 0.255 e. The maximum absolute atomic E-state index is 13.0. The van der Waals surface area contributed by atoms with Crippen molar-refractivity contribution in [3.63, 3.8) is 0 Å². The SMILES string of the molecule is COCCn1ccc2cc(NC(=O)CNC(=O)C3c4ccccc4C(=O)N3C3CC3)ccc21. The third-order valence-corrected chi connectivity index (χ3v) is 6.20. The molecule has 1 saturated carbocycles. The quantitative estimate of drug-likeness (QED) is 0.557. The van der Waals surface area contributed by atoms with E-state index in [1.54, 1.807) is 24.1 Å². The first-order valence-corrected chi connectivity index (χ1v) is 11.1. The van der Waals surface area contributed by atoms with Gasteiger partial charge < -0.3 is 24.8 Å². The molecule has 2 aliphatic rings. The van der Waals surface area contributed by atoms with Crippen LogP contribution < -0.4 is 10.6 Å². The minimum atomic E-state index is -0.683. The van der Waals surface area contributed by atoms with Gasteiger partial charge in [-0.15, -0.1) is 0 Å². The number of ether oxygens (including phenoxy) is 1. The number of anilines is 1. The summed E-state index contributed by atoms with van der Waals surface area (Å²) in [4.78, 5) is 40.0. The topological polar surface area (TPSA) is 92.7 Å². The van der Waals surface area contributed by atoms with Crippen LogP contribution in [0.3, 0.4) is 0 Å². The van der Waals surface area contributed by atoms with Crippen molar-refractivity contribution in [3.8, 4) is 0 Å². The number of fused-ring (bicyclic) bond motifs is 2. The Kier molecular flexibility index (Phi) is 5.60. The molecule has 1 unspecified atom stereocenters. The fourth-order valence-electron chi connectivity index (χ4n) is 4.47. The van der Waals surface area contributed by atoms with Crippen molar-refractivity contribution in [3.05, 3.63) is 65.9 Å². The summed E-state index contributed by atoms with van der Waals surface area (Å²) >= 11 is 0. The molecule has 5 rings (SSSR count). The molecule has 1 atom stereocenters. The lowest BCUT2D eigenvalue weighted by Gasteiger charge is -2.24. The summed E-state index contributed by atoms with van der Waals surface area (Å²) in [7, 11) is 1.67. The third-order valence-electron chi connectivity index (χ3n) is 6.20. The lowest BCUT2D eigenvalue weighted by Crippen LogP contribution is -2.42. The molecule has 8 nitrogen and oxygen atoms in total. The average Bonchev–Trinajstić information content (AvgIpc) is 3.51. The molecule has 0 saturated heterocycles. The first-order valence-electron chi connectivity index (χ1n) is 11.1. The highest BCUT2D eigenvalue weighted by Gasteiger charge is 2.47.